The molecule has 0 amide bonds. The number of hydrogen-bond donors (Lipinski definition) is 0. The zero-order valence-electron chi connectivity index (χ0n) is 31.9. The second-order valence-electron chi connectivity index (χ2n) is 14.4. The van der Waals surface area contributed by atoms with Crippen LogP contribution in [0.5, 0.6) is 0 Å². The lowest BCUT2D eigenvalue weighted by Crippen LogP contribution is -2.09. The average Bonchev–Trinajstić information content (AvgIpc) is 3.28. The summed E-state index contributed by atoms with van der Waals surface area (Å²) < 4.78 is 0. The van der Waals surface area contributed by atoms with E-state index in [0.717, 1.165) is 34.1 Å². The molecular weight excluding hydrogens is 689 g/mol. The third kappa shape index (κ3) is 7.76. The van der Waals surface area contributed by atoms with Gasteiger partial charge in [-0.15, -0.1) is 0 Å². The van der Waals surface area contributed by atoms with Crippen molar-refractivity contribution in [1.29, 1.82) is 0 Å². The number of aryl methyl sites for hydroxylation is 1. The van der Waals surface area contributed by atoms with Gasteiger partial charge in [0.2, 0.25) is 0 Å². The lowest BCUT2D eigenvalue weighted by atomic mass is 9.96. The van der Waals surface area contributed by atoms with Crippen LogP contribution in [-0.4, -0.2) is 0 Å². The van der Waals surface area contributed by atoms with Gasteiger partial charge in [-0.05, 0) is 142 Å². The van der Waals surface area contributed by atoms with Gasteiger partial charge in [0.15, 0.2) is 0 Å². The molecular formula is C55H42N2. The molecule has 0 heterocycles. The van der Waals surface area contributed by atoms with Gasteiger partial charge in [-0.2, -0.15) is 0 Å². The van der Waals surface area contributed by atoms with Crippen LogP contribution in [0, 0.1) is 6.92 Å². The van der Waals surface area contributed by atoms with Crippen molar-refractivity contribution in [3.8, 4) is 44.5 Å². The Morgan fingerprint density at radius 1 is 0.211 bits per heavy atom. The Morgan fingerprint density at radius 2 is 0.509 bits per heavy atom. The molecule has 9 rings (SSSR count). The summed E-state index contributed by atoms with van der Waals surface area (Å²) in [5, 5.41) is 0. The summed E-state index contributed by atoms with van der Waals surface area (Å²) in [4.78, 5) is 4.64. The molecule has 0 aromatic heterocycles. The molecule has 0 spiro atoms. The van der Waals surface area contributed by atoms with Gasteiger partial charge in [0, 0.05) is 34.1 Å². The summed E-state index contributed by atoms with van der Waals surface area (Å²) >= 11 is 0. The van der Waals surface area contributed by atoms with Gasteiger partial charge in [0.25, 0.3) is 0 Å². The number of para-hydroxylation sites is 2. The van der Waals surface area contributed by atoms with E-state index in [4.69, 9.17) is 0 Å². The van der Waals surface area contributed by atoms with Crippen molar-refractivity contribution in [2.75, 3.05) is 9.80 Å². The molecule has 9 aromatic carbocycles. The van der Waals surface area contributed by atoms with Gasteiger partial charge in [-0.3, -0.25) is 0 Å². The van der Waals surface area contributed by atoms with E-state index in [0.29, 0.717) is 0 Å². The second-order valence-corrected chi connectivity index (χ2v) is 14.4. The van der Waals surface area contributed by atoms with E-state index < -0.39 is 0 Å². The molecule has 57 heavy (non-hydrogen) atoms. The highest BCUT2D eigenvalue weighted by Gasteiger charge is 2.15. The number of hydrogen-bond acceptors (Lipinski definition) is 2. The molecule has 0 saturated heterocycles. The summed E-state index contributed by atoms with van der Waals surface area (Å²) in [6.45, 7) is 2.14. The average molecular weight is 731 g/mol. The molecule has 0 unspecified atom stereocenters. The van der Waals surface area contributed by atoms with Crippen molar-refractivity contribution in [1.82, 2.24) is 0 Å². The molecule has 0 fully saturated rings. The smallest absolute Gasteiger partial charge is 0.0467 e. The molecule has 0 aliphatic heterocycles. The molecule has 272 valence electrons. The van der Waals surface area contributed by atoms with E-state index in [1.54, 1.807) is 0 Å². The van der Waals surface area contributed by atoms with Crippen molar-refractivity contribution < 1.29 is 0 Å². The van der Waals surface area contributed by atoms with E-state index in [-0.39, 0.29) is 0 Å². The zero-order chi connectivity index (χ0) is 38.4. The van der Waals surface area contributed by atoms with Crippen molar-refractivity contribution >= 4 is 34.1 Å². The Bertz CT molecular complexity index is 2720. The van der Waals surface area contributed by atoms with Gasteiger partial charge in [-0.25, -0.2) is 0 Å². The minimum absolute atomic E-state index is 1.11. The van der Waals surface area contributed by atoms with E-state index in [1.807, 2.05) is 0 Å². The Morgan fingerprint density at radius 3 is 0.965 bits per heavy atom. The maximum atomic E-state index is 2.33. The van der Waals surface area contributed by atoms with E-state index in [9.17, 15) is 0 Å². The monoisotopic (exact) mass is 730 g/mol. The van der Waals surface area contributed by atoms with Crippen molar-refractivity contribution in [2.45, 2.75) is 6.92 Å². The predicted octanol–water partition coefficient (Wildman–Crippen LogP) is 15.6. The largest absolute Gasteiger partial charge is 0.310 e. The highest BCUT2D eigenvalue weighted by molar-refractivity contribution is 5.83. The van der Waals surface area contributed by atoms with Gasteiger partial charge in [-0.1, -0.05) is 152 Å². The van der Waals surface area contributed by atoms with Crippen molar-refractivity contribution in [3.63, 3.8) is 0 Å². The normalized spacial score (nSPS) is 10.9. The molecule has 2 nitrogen and oxygen atoms in total. The van der Waals surface area contributed by atoms with E-state index in [2.05, 4.69) is 253 Å². The first-order chi connectivity index (χ1) is 28.2. The van der Waals surface area contributed by atoms with E-state index >= 15 is 0 Å². The molecule has 0 aliphatic rings. The van der Waals surface area contributed by atoms with E-state index in [1.165, 1.54) is 50.1 Å². The fourth-order valence-electron chi connectivity index (χ4n) is 7.63. The van der Waals surface area contributed by atoms with Crippen LogP contribution in [0.4, 0.5) is 34.1 Å². The lowest BCUT2D eigenvalue weighted by Gasteiger charge is -2.26. The lowest BCUT2D eigenvalue weighted by molar-refractivity contribution is 1.27. The molecule has 0 atom stereocenters. The molecule has 2 heteroatoms. The third-order valence-corrected chi connectivity index (χ3v) is 10.5. The number of anilines is 6. The summed E-state index contributed by atoms with van der Waals surface area (Å²) in [7, 11) is 0. The summed E-state index contributed by atoms with van der Waals surface area (Å²) in [5.41, 5.74) is 17.5. The Labute approximate surface area is 336 Å². The van der Waals surface area contributed by atoms with Gasteiger partial charge in [0.05, 0.1) is 0 Å². The van der Waals surface area contributed by atoms with Gasteiger partial charge in [0.1, 0.15) is 0 Å². The summed E-state index contributed by atoms with van der Waals surface area (Å²) in [6.07, 6.45) is 0. The zero-order valence-corrected chi connectivity index (χ0v) is 31.9. The van der Waals surface area contributed by atoms with Gasteiger partial charge >= 0.3 is 0 Å². The van der Waals surface area contributed by atoms with Gasteiger partial charge < -0.3 is 9.80 Å². The minimum atomic E-state index is 1.11. The standard InChI is InChI=1S/C55H42N2/c1-41-15-11-27-54(37-41)56(50-23-7-3-8-24-50)52-33-29-43(30-34-52)45-18-12-20-47(38-45)48-21-13-19-46(39-48)44-31-35-53(36-32-44)57(51-25-9-4-10-26-51)55-28-14-22-49(40-55)42-16-5-2-6-17-42/h2-40H,1H3. The first-order valence-corrected chi connectivity index (χ1v) is 19.5. The Balaban J connectivity index is 0.986. The third-order valence-electron chi connectivity index (χ3n) is 10.5. The van der Waals surface area contributed by atoms with Crippen LogP contribution in [0.15, 0.2) is 237 Å². The number of rotatable bonds is 10. The fourth-order valence-corrected chi connectivity index (χ4v) is 7.63. The van der Waals surface area contributed by atoms with Crippen LogP contribution in [0.3, 0.4) is 0 Å². The van der Waals surface area contributed by atoms with Crippen LogP contribution in [0.25, 0.3) is 44.5 Å². The molecule has 9 aromatic rings. The van der Waals surface area contributed by atoms with Crippen LogP contribution in [0.1, 0.15) is 5.56 Å². The van der Waals surface area contributed by atoms with Crippen LogP contribution < -0.4 is 9.80 Å². The SMILES string of the molecule is Cc1cccc(N(c2ccccc2)c2ccc(-c3cccc(-c4cccc(-c5ccc(N(c6ccccc6)c6cccc(-c7ccccc7)c6)cc5)c4)c3)cc2)c1. The highest BCUT2D eigenvalue weighted by atomic mass is 15.1. The van der Waals surface area contributed by atoms with Crippen LogP contribution in [0.2, 0.25) is 0 Å². The van der Waals surface area contributed by atoms with Crippen LogP contribution in [-0.2, 0) is 0 Å². The predicted molar refractivity (Wildman–Crippen MR) is 242 cm³/mol. The first kappa shape index (κ1) is 35.3. The van der Waals surface area contributed by atoms with Crippen molar-refractivity contribution in [3.05, 3.63) is 242 Å². The topological polar surface area (TPSA) is 6.48 Å². The first-order valence-electron chi connectivity index (χ1n) is 19.5. The Hall–Kier alpha value is -7.42. The highest BCUT2D eigenvalue weighted by Crippen LogP contribution is 2.39. The fraction of sp³-hybridized carbons (Fsp3) is 0.0182. The molecule has 0 aliphatic carbocycles. The number of benzene rings is 9. The Kier molecular flexibility index (Phi) is 9.99. The summed E-state index contributed by atoms with van der Waals surface area (Å²) in [6, 6.07) is 84.7. The maximum absolute atomic E-state index is 2.33. The van der Waals surface area contributed by atoms with Crippen molar-refractivity contribution in [2.24, 2.45) is 0 Å². The molecule has 0 N–H and O–H groups in total. The summed E-state index contributed by atoms with van der Waals surface area (Å²) in [5.74, 6) is 0. The molecule has 0 saturated carbocycles. The minimum Gasteiger partial charge on any atom is -0.310 e. The molecule has 0 radical (unpaired) electrons. The number of nitrogens with zero attached hydrogens (tertiary/aromatic N) is 2. The second kappa shape index (κ2) is 16.1. The maximum Gasteiger partial charge on any atom is 0.0467 e. The van der Waals surface area contributed by atoms with Crippen LogP contribution >= 0.6 is 0 Å². The quantitative estimate of drug-likeness (QED) is 0.138. The molecule has 0 bridgehead atoms.